The van der Waals surface area contributed by atoms with Gasteiger partial charge in [-0.2, -0.15) is 0 Å². The molecule has 0 aromatic heterocycles. The third-order valence-corrected chi connectivity index (χ3v) is 3.09. The molecular weight excluding hydrogens is 356 g/mol. The Morgan fingerprint density at radius 3 is 2.61 bits per heavy atom. The van der Waals surface area contributed by atoms with Crippen LogP contribution in [-0.4, -0.2) is 34.7 Å². The van der Waals surface area contributed by atoms with Gasteiger partial charge < -0.3 is 15.5 Å². The number of aliphatic hydroxyl groups excluding tert-OH is 1. The molecular formula is C11H11FINO4. The highest BCUT2D eigenvalue weighted by atomic mass is 127. The highest BCUT2D eigenvalue weighted by Gasteiger charge is 2.21. The Labute approximate surface area is 116 Å². The summed E-state index contributed by atoms with van der Waals surface area (Å²) in [5, 5.41) is 19.8. The molecule has 0 spiro atoms. The van der Waals surface area contributed by atoms with E-state index < -0.39 is 23.7 Å². The summed E-state index contributed by atoms with van der Waals surface area (Å²) in [7, 11) is 0. The average molecular weight is 367 g/mol. The summed E-state index contributed by atoms with van der Waals surface area (Å²) < 4.78 is 13.2. The summed E-state index contributed by atoms with van der Waals surface area (Å²) in [5.74, 6) is -2.31. The molecule has 0 heterocycles. The second-order valence-corrected chi connectivity index (χ2v) is 4.66. The first kappa shape index (κ1) is 14.8. The van der Waals surface area contributed by atoms with Gasteiger partial charge in [0.05, 0.1) is 5.56 Å². The van der Waals surface area contributed by atoms with E-state index in [2.05, 4.69) is 5.32 Å². The molecule has 5 nitrogen and oxygen atoms in total. The van der Waals surface area contributed by atoms with Crippen molar-refractivity contribution in [3.05, 3.63) is 33.1 Å². The maximum atomic E-state index is 12.9. The molecule has 98 valence electrons. The molecule has 1 atom stereocenters. The van der Waals surface area contributed by atoms with Crippen LogP contribution in [-0.2, 0) is 4.79 Å². The van der Waals surface area contributed by atoms with E-state index in [1.165, 1.54) is 12.1 Å². The summed E-state index contributed by atoms with van der Waals surface area (Å²) in [4.78, 5) is 22.6. The van der Waals surface area contributed by atoms with Gasteiger partial charge in [0, 0.05) is 16.6 Å². The third kappa shape index (κ3) is 3.91. The lowest BCUT2D eigenvalue weighted by atomic mass is 10.1. The third-order valence-electron chi connectivity index (χ3n) is 2.20. The van der Waals surface area contributed by atoms with Crippen LogP contribution in [0.5, 0.6) is 0 Å². The number of amides is 1. The van der Waals surface area contributed by atoms with Crippen LogP contribution in [0.1, 0.15) is 16.8 Å². The van der Waals surface area contributed by atoms with E-state index in [-0.39, 0.29) is 18.6 Å². The molecule has 1 rings (SSSR count). The van der Waals surface area contributed by atoms with Crippen molar-refractivity contribution in [1.29, 1.82) is 0 Å². The first-order valence-corrected chi connectivity index (χ1v) is 6.13. The molecule has 1 unspecified atom stereocenters. The number of aliphatic carboxylic acids is 1. The zero-order chi connectivity index (χ0) is 13.7. The molecule has 1 aromatic carbocycles. The molecule has 7 heteroatoms. The number of carboxylic acids is 1. The van der Waals surface area contributed by atoms with Gasteiger partial charge in [0.25, 0.3) is 5.91 Å². The first-order chi connectivity index (χ1) is 8.45. The monoisotopic (exact) mass is 367 g/mol. The Bertz CT molecular complexity index is 466. The van der Waals surface area contributed by atoms with Crippen LogP contribution in [0.3, 0.4) is 0 Å². The van der Waals surface area contributed by atoms with Gasteiger partial charge in [-0.25, -0.2) is 9.18 Å². The fraction of sp³-hybridized carbons (Fsp3) is 0.273. The number of rotatable bonds is 5. The van der Waals surface area contributed by atoms with Crippen LogP contribution in [0.4, 0.5) is 4.39 Å². The van der Waals surface area contributed by atoms with Gasteiger partial charge in [0.1, 0.15) is 11.9 Å². The van der Waals surface area contributed by atoms with Crippen LogP contribution in [0.2, 0.25) is 0 Å². The quantitative estimate of drug-likeness (QED) is 0.678. The lowest BCUT2D eigenvalue weighted by Crippen LogP contribution is -2.41. The number of halogens is 2. The maximum Gasteiger partial charge on any atom is 0.326 e. The number of carbonyl (C=O) groups excluding carboxylic acids is 1. The van der Waals surface area contributed by atoms with Crippen LogP contribution in [0, 0.1) is 9.39 Å². The highest BCUT2D eigenvalue weighted by Crippen LogP contribution is 2.14. The molecule has 18 heavy (non-hydrogen) atoms. The Morgan fingerprint density at radius 1 is 1.44 bits per heavy atom. The molecule has 1 aromatic rings. The van der Waals surface area contributed by atoms with E-state index in [1.807, 2.05) is 0 Å². The summed E-state index contributed by atoms with van der Waals surface area (Å²) in [5.41, 5.74) is 0.196. The number of hydrogen-bond acceptors (Lipinski definition) is 3. The second-order valence-electron chi connectivity index (χ2n) is 3.50. The minimum atomic E-state index is -1.23. The van der Waals surface area contributed by atoms with Gasteiger partial charge in [0.2, 0.25) is 0 Å². The summed E-state index contributed by atoms with van der Waals surface area (Å²) in [6.45, 7) is -0.349. The molecule has 0 bridgehead atoms. The van der Waals surface area contributed by atoms with Crippen molar-refractivity contribution in [2.45, 2.75) is 12.5 Å². The summed E-state index contributed by atoms with van der Waals surface area (Å²) >= 11 is 1.79. The maximum absolute atomic E-state index is 12.9. The molecule has 0 aliphatic rings. The minimum Gasteiger partial charge on any atom is -0.480 e. The number of carbonyl (C=O) groups is 2. The Hall–Kier alpha value is -1.22. The number of hydrogen-bond donors (Lipinski definition) is 3. The van der Waals surface area contributed by atoms with Crippen molar-refractivity contribution in [3.63, 3.8) is 0 Å². The predicted octanol–water partition coefficient (Wildman–Crippen LogP) is 0.996. The molecule has 1 amide bonds. The van der Waals surface area contributed by atoms with E-state index in [9.17, 15) is 14.0 Å². The molecule has 0 radical (unpaired) electrons. The van der Waals surface area contributed by atoms with Crippen molar-refractivity contribution in [2.75, 3.05) is 6.61 Å². The van der Waals surface area contributed by atoms with Crippen LogP contribution in [0.15, 0.2) is 18.2 Å². The van der Waals surface area contributed by atoms with Gasteiger partial charge in [-0.15, -0.1) is 0 Å². The van der Waals surface area contributed by atoms with Gasteiger partial charge in [-0.3, -0.25) is 4.79 Å². The molecule has 0 aliphatic carbocycles. The lowest BCUT2D eigenvalue weighted by Gasteiger charge is -2.13. The fourth-order valence-electron chi connectivity index (χ4n) is 1.30. The van der Waals surface area contributed by atoms with Crippen molar-refractivity contribution in [1.82, 2.24) is 5.32 Å². The topological polar surface area (TPSA) is 86.6 Å². The normalized spacial score (nSPS) is 11.9. The number of carboxylic acid groups (broad SMARTS) is 1. The molecule has 0 fully saturated rings. The SMILES string of the molecule is O=C(NC(CCO)C(=O)O)c1ccc(F)cc1I. The Kier molecular flexibility index (Phi) is 5.48. The standard InChI is InChI=1S/C11H11FINO4/c12-6-1-2-7(8(13)5-6)10(16)14-9(3-4-15)11(17)18/h1-2,5,9,15H,3-4H2,(H,14,16)(H,17,18). The molecule has 0 saturated carbocycles. The Morgan fingerprint density at radius 2 is 2.11 bits per heavy atom. The van der Waals surface area contributed by atoms with Crippen molar-refractivity contribution in [2.24, 2.45) is 0 Å². The zero-order valence-electron chi connectivity index (χ0n) is 9.19. The smallest absolute Gasteiger partial charge is 0.326 e. The van der Waals surface area contributed by atoms with Crippen LogP contribution in [0.25, 0.3) is 0 Å². The van der Waals surface area contributed by atoms with Gasteiger partial charge in [-0.1, -0.05) is 0 Å². The lowest BCUT2D eigenvalue weighted by molar-refractivity contribution is -0.139. The second kappa shape index (κ2) is 6.64. The van der Waals surface area contributed by atoms with Gasteiger partial charge in [-0.05, 0) is 40.8 Å². The molecule has 0 saturated heterocycles. The number of aliphatic hydroxyl groups is 1. The number of nitrogens with one attached hydrogen (secondary N) is 1. The van der Waals surface area contributed by atoms with Gasteiger partial charge in [0.15, 0.2) is 0 Å². The molecule has 0 aliphatic heterocycles. The summed E-state index contributed by atoms with van der Waals surface area (Å²) in [6.07, 6.45) is -0.0845. The molecule has 3 N–H and O–H groups in total. The number of benzene rings is 1. The first-order valence-electron chi connectivity index (χ1n) is 5.05. The van der Waals surface area contributed by atoms with Crippen molar-refractivity contribution >= 4 is 34.5 Å². The van der Waals surface area contributed by atoms with E-state index in [1.54, 1.807) is 22.6 Å². The van der Waals surface area contributed by atoms with E-state index >= 15 is 0 Å². The Balaban J connectivity index is 2.83. The predicted molar refractivity (Wildman–Crippen MR) is 69.7 cm³/mol. The van der Waals surface area contributed by atoms with Gasteiger partial charge >= 0.3 is 5.97 Å². The van der Waals surface area contributed by atoms with E-state index in [0.717, 1.165) is 6.07 Å². The van der Waals surface area contributed by atoms with E-state index in [0.29, 0.717) is 3.57 Å². The van der Waals surface area contributed by atoms with E-state index in [4.69, 9.17) is 10.2 Å². The summed E-state index contributed by atoms with van der Waals surface area (Å²) in [6, 6.07) is 2.42. The van der Waals surface area contributed by atoms with Crippen LogP contribution >= 0.6 is 22.6 Å². The van der Waals surface area contributed by atoms with Crippen molar-refractivity contribution in [3.8, 4) is 0 Å². The largest absolute Gasteiger partial charge is 0.480 e. The average Bonchev–Trinajstić information content (AvgIpc) is 2.27. The fourth-order valence-corrected chi connectivity index (χ4v) is 2.02. The zero-order valence-corrected chi connectivity index (χ0v) is 11.3. The highest BCUT2D eigenvalue weighted by molar-refractivity contribution is 14.1. The van der Waals surface area contributed by atoms with Crippen molar-refractivity contribution < 1.29 is 24.2 Å². The minimum absolute atomic E-state index is 0.0845. The van der Waals surface area contributed by atoms with Crippen LogP contribution < -0.4 is 5.32 Å².